The van der Waals surface area contributed by atoms with Crippen molar-refractivity contribution in [3.8, 4) is 0 Å². The fourth-order valence-corrected chi connectivity index (χ4v) is 1.79. The van der Waals surface area contributed by atoms with Crippen LogP contribution < -0.4 is 5.32 Å². The molecule has 5 heteroatoms. The van der Waals surface area contributed by atoms with Gasteiger partial charge in [0.1, 0.15) is 0 Å². The molecule has 0 aromatic heterocycles. The highest BCUT2D eigenvalue weighted by Gasteiger charge is 2.29. The van der Waals surface area contributed by atoms with E-state index in [4.69, 9.17) is 10.2 Å². The van der Waals surface area contributed by atoms with E-state index in [-0.39, 0.29) is 18.6 Å². The van der Waals surface area contributed by atoms with Crippen molar-refractivity contribution in [3.05, 3.63) is 0 Å². The molecule has 2 unspecified atom stereocenters. The van der Waals surface area contributed by atoms with Crippen LogP contribution in [0.25, 0.3) is 0 Å². The monoisotopic (exact) mass is 189 g/mol. The molecule has 1 saturated carbocycles. The van der Waals surface area contributed by atoms with E-state index < -0.39 is 12.2 Å². The van der Waals surface area contributed by atoms with Crippen LogP contribution in [-0.4, -0.2) is 40.2 Å². The lowest BCUT2D eigenvalue weighted by atomic mass is 9.83. The predicted molar refractivity (Wildman–Crippen MR) is 45.4 cm³/mol. The highest BCUT2D eigenvalue weighted by Crippen LogP contribution is 2.24. The second-order valence-corrected chi connectivity index (χ2v) is 3.47. The van der Waals surface area contributed by atoms with Gasteiger partial charge < -0.3 is 20.6 Å². The minimum absolute atomic E-state index is 0.0813. The SMILES string of the molecule is O=C(O)NC1CC[C@@H](O)CC1CO. The molecular formula is C8H15NO4. The van der Waals surface area contributed by atoms with Crippen molar-refractivity contribution < 1.29 is 20.1 Å². The first-order chi connectivity index (χ1) is 6.13. The molecule has 4 N–H and O–H groups in total. The molecule has 1 amide bonds. The summed E-state index contributed by atoms with van der Waals surface area (Å²) >= 11 is 0. The molecule has 1 aliphatic rings. The normalized spacial score (nSPS) is 34.2. The molecule has 0 bridgehead atoms. The van der Waals surface area contributed by atoms with Crippen molar-refractivity contribution in [2.24, 2.45) is 5.92 Å². The van der Waals surface area contributed by atoms with E-state index >= 15 is 0 Å². The van der Waals surface area contributed by atoms with Gasteiger partial charge in [-0.3, -0.25) is 0 Å². The maximum atomic E-state index is 10.4. The van der Waals surface area contributed by atoms with E-state index in [1.54, 1.807) is 0 Å². The Morgan fingerprint density at radius 3 is 2.69 bits per heavy atom. The quantitative estimate of drug-likeness (QED) is 0.483. The third-order valence-electron chi connectivity index (χ3n) is 2.50. The number of nitrogens with one attached hydrogen (secondary N) is 1. The van der Waals surface area contributed by atoms with Crippen LogP contribution >= 0.6 is 0 Å². The van der Waals surface area contributed by atoms with Gasteiger partial charge >= 0.3 is 6.09 Å². The summed E-state index contributed by atoms with van der Waals surface area (Å²) in [5.41, 5.74) is 0. The predicted octanol–water partition coefficient (Wildman–Crippen LogP) is -0.224. The van der Waals surface area contributed by atoms with E-state index in [1.165, 1.54) is 0 Å². The van der Waals surface area contributed by atoms with Gasteiger partial charge in [0.15, 0.2) is 0 Å². The summed E-state index contributed by atoms with van der Waals surface area (Å²) in [5.74, 6) is -0.153. The number of amides is 1. The smallest absolute Gasteiger partial charge is 0.404 e. The number of hydrogen-bond donors (Lipinski definition) is 4. The Morgan fingerprint density at radius 2 is 2.15 bits per heavy atom. The van der Waals surface area contributed by atoms with Gasteiger partial charge in [0.2, 0.25) is 0 Å². The third-order valence-corrected chi connectivity index (χ3v) is 2.50. The molecule has 0 radical (unpaired) electrons. The van der Waals surface area contributed by atoms with Crippen molar-refractivity contribution in [1.82, 2.24) is 5.32 Å². The second kappa shape index (κ2) is 4.43. The Bertz CT molecular complexity index is 185. The summed E-state index contributed by atoms with van der Waals surface area (Å²) in [6, 6.07) is -0.217. The molecule has 0 aliphatic heterocycles. The van der Waals surface area contributed by atoms with Crippen LogP contribution in [0, 0.1) is 5.92 Å². The molecule has 1 fully saturated rings. The lowest BCUT2D eigenvalue weighted by Crippen LogP contribution is -2.45. The highest BCUT2D eigenvalue weighted by molar-refractivity contribution is 5.64. The van der Waals surface area contributed by atoms with Crippen LogP contribution in [0.3, 0.4) is 0 Å². The van der Waals surface area contributed by atoms with Crippen LogP contribution in [0.1, 0.15) is 19.3 Å². The summed E-state index contributed by atoms with van der Waals surface area (Å²) in [6.45, 7) is -0.0813. The van der Waals surface area contributed by atoms with E-state index in [2.05, 4.69) is 5.32 Å². The highest BCUT2D eigenvalue weighted by atomic mass is 16.4. The maximum absolute atomic E-state index is 10.4. The minimum Gasteiger partial charge on any atom is -0.465 e. The van der Waals surface area contributed by atoms with Crippen molar-refractivity contribution >= 4 is 6.09 Å². The van der Waals surface area contributed by atoms with E-state index in [0.29, 0.717) is 19.3 Å². The first kappa shape index (κ1) is 10.3. The zero-order valence-electron chi connectivity index (χ0n) is 7.31. The standard InChI is InChI=1S/C8H15NO4/c10-4-5-3-6(11)1-2-7(5)9-8(12)13/h5-7,9-11H,1-4H2,(H,12,13)/t5?,6-,7?/m1/s1. The average molecular weight is 189 g/mol. The number of aliphatic hydroxyl groups is 2. The fraction of sp³-hybridized carbons (Fsp3) is 0.875. The van der Waals surface area contributed by atoms with Crippen LogP contribution in [0.4, 0.5) is 4.79 Å². The van der Waals surface area contributed by atoms with Gasteiger partial charge in [-0.2, -0.15) is 0 Å². The van der Waals surface area contributed by atoms with Gasteiger partial charge in [-0.05, 0) is 19.3 Å². The van der Waals surface area contributed by atoms with E-state index in [1.807, 2.05) is 0 Å². The summed E-state index contributed by atoms with van der Waals surface area (Å²) in [7, 11) is 0. The van der Waals surface area contributed by atoms with Gasteiger partial charge in [0.25, 0.3) is 0 Å². The topological polar surface area (TPSA) is 89.8 Å². The summed E-state index contributed by atoms with van der Waals surface area (Å²) in [6.07, 6.45) is 0.200. The number of hydrogen-bond acceptors (Lipinski definition) is 3. The zero-order chi connectivity index (χ0) is 9.84. The molecular weight excluding hydrogens is 174 g/mol. The first-order valence-electron chi connectivity index (χ1n) is 4.42. The molecule has 3 atom stereocenters. The van der Waals surface area contributed by atoms with Gasteiger partial charge in [-0.1, -0.05) is 0 Å². The zero-order valence-corrected chi connectivity index (χ0v) is 7.31. The number of carbonyl (C=O) groups is 1. The van der Waals surface area contributed by atoms with Crippen molar-refractivity contribution in [2.75, 3.05) is 6.61 Å². The molecule has 0 spiro atoms. The molecule has 0 aromatic carbocycles. The fourth-order valence-electron chi connectivity index (χ4n) is 1.79. The first-order valence-corrected chi connectivity index (χ1v) is 4.42. The maximum Gasteiger partial charge on any atom is 0.404 e. The Hall–Kier alpha value is -0.810. The average Bonchev–Trinajstić information content (AvgIpc) is 2.07. The van der Waals surface area contributed by atoms with Crippen LogP contribution in [0.2, 0.25) is 0 Å². The minimum atomic E-state index is -1.07. The molecule has 1 rings (SSSR count). The molecule has 1 aliphatic carbocycles. The molecule has 5 nitrogen and oxygen atoms in total. The molecule has 0 saturated heterocycles. The number of aliphatic hydroxyl groups excluding tert-OH is 2. The molecule has 0 heterocycles. The summed E-state index contributed by atoms with van der Waals surface area (Å²) in [5, 5.41) is 29.1. The van der Waals surface area contributed by atoms with E-state index in [0.717, 1.165) is 0 Å². The van der Waals surface area contributed by atoms with Crippen LogP contribution in [-0.2, 0) is 0 Å². The Morgan fingerprint density at radius 1 is 1.46 bits per heavy atom. The van der Waals surface area contributed by atoms with Crippen molar-refractivity contribution in [2.45, 2.75) is 31.4 Å². The Balaban J connectivity index is 2.47. The number of carboxylic acid groups (broad SMARTS) is 1. The van der Waals surface area contributed by atoms with Gasteiger partial charge in [0, 0.05) is 18.6 Å². The third kappa shape index (κ3) is 2.86. The molecule has 0 aromatic rings. The number of rotatable bonds is 2. The van der Waals surface area contributed by atoms with Crippen molar-refractivity contribution in [3.63, 3.8) is 0 Å². The van der Waals surface area contributed by atoms with Crippen LogP contribution in [0.15, 0.2) is 0 Å². The summed E-state index contributed by atoms with van der Waals surface area (Å²) in [4.78, 5) is 10.4. The second-order valence-electron chi connectivity index (χ2n) is 3.47. The largest absolute Gasteiger partial charge is 0.465 e. The van der Waals surface area contributed by atoms with Crippen molar-refractivity contribution in [1.29, 1.82) is 0 Å². The van der Waals surface area contributed by atoms with Gasteiger partial charge in [0.05, 0.1) is 6.10 Å². The Kier molecular flexibility index (Phi) is 3.50. The van der Waals surface area contributed by atoms with Gasteiger partial charge in [-0.15, -0.1) is 0 Å². The summed E-state index contributed by atoms with van der Waals surface area (Å²) < 4.78 is 0. The molecule has 13 heavy (non-hydrogen) atoms. The van der Waals surface area contributed by atoms with E-state index in [9.17, 15) is 9.90 Å². The van der Waals surface area contributed by atoms with Gasteiger partial charge in [-0.25, -0.2) is 4.79 Å². The lowest BCUT2D eigenvalue weighted by molar-refractivity contribution is 0.0543. The Labute approximate surface area is 76.4 Å². The lowest BCUT2D eigenvalue weighted by Gasteiger charge is -2.32. The molecule has 76 valence electrons. The van der Waals surface area contributed by atoms with Crippen LogP contribution in [0.5, 0.6) is 0 Å².